The van der Waals surface area contributed by atoms with Crippen molar-refractivity contribution in [1.82, 2.24) is 5.32 Å². The molecule has 0 aromatic carbocycles. The fourth-order valence-corrected chi connectivity index (χ4v) is 1.46. The van der Waals surface area contributed by atoms with Gasteiger partial charge >= 0.3 is 5.97 Å². The zero-order valence-corrected chi connectivity index (χ0v) is 7.18. The minimum absolute atomic E-state index is 0.101. The van der Waals surface area contributed by atoms with Gasteiger partial charge in [0.25, 0.3) is 0 Å². The highest BCUT2D eigenvalue weighted by atomic mass is 19.3. The Morgan fingerprint density at radius 2 is 2.42 bits per heavy atom. The molecule has 3 nitrogen and oxygen atoms in total. The number of carbonyl (C=O) groups excluding carboxylic acids is 1. The summed E-state index contributed by atoms with van der Waals surface area (Å²) in [5.41, 5.74) is 0. The average Bonchev–Trinajstić information content (AvgIpc) is 2.09. The molecular formula is C8H14FNO2. The number of piperidine rings is 1. The van der Waals surface area contributed by atoms with Crippen LogP contribution in [0.2, 0.25) is 0 Å². The van der Waals surface area contributed by atoms with Gasteiger partial charge in [0.1, 0.15) is 0 Å². The number of hydrogen-bond acceptors (Lipinski definition) is 3. The van der Waals surface area contributed by atoms with Crippen molar-refractivity contribution in [2.75, 3.05) is 6.54 Å². The van der Waals surface area contributed by atoms with Crippen LogP contribution in [0.15, 0.2) is 0 Å². The van der Waals surface area contributed by atoms with E-state index in [1.807, 2.05) is 0 Å². The Kier molecular flexibility index (Phi) is 3.47. The summed E-state index contributed by atoms with van der Waals surface area (Å²) >= 11 is 0. The Labute approximate surface area is 71.2 Å². The molecule has 0 bridgehead atoms. The van der Waals surface area contributed by atoms with Crippen LogP contribution in [0.5, 0.6) is 0 Å². The third-order valence-electron chi connectivity index (χ3n) is 2.26. The van der Waals surface area contributed by atoms with Gasteiger partial charge in [0.2, 0.25) is 0 Å². The van der Waals surface area contributed by atoms with Crippen LogP contribution < -0.4 is 5.32 Å². The van der Waals surface area contributed by atoms with E-state index in [0.717, 1.165) is 19.4 Å². The Morgan fingerprint density at radius 3 is 2.92 bits per heavy atom. The summed E-state index contributed by atoms with van der Waals surface area (Å²) in [7, 11) is 0. The first-order valence-electron chi connectivity index (χ1n) is 4.27. The Bertz CT molecular complexity index is 155. The highest BCUT2D eigenvalue weighted by molar-refractivity contribution is 5.69. The van der Waals surface area contributed by atoms with Crippen LogP contribution in [0.4, 0.5) is 4.53 Å². The first-order valence-corrected chi connectivity index (χ1v) is 4.27. The van der Waals surface area contributed by atoms with Crippen LogP contribution in [0.3, 0.4) is 0 Å². The summed E-state index contributed by atoms with van der Waals surface area (Å²) in [6, 6.07) is 0.101. The normalized spacial score (nSPS) is 29.8. The van der Waals surface area contributed by atoms with E-state index in [1.54, 1.807) is 0 Å². The lowest BCUT2D eigenvalue weighted by molar-refractivity contribution is -0.184. The molecule has 0 saturated carbocycles. The second-order valence-electron chi connectivity index (χ2n) is 3.44. The molecule has 1 heterocycles. The third kappa shape index (κ3) is 2.77. The maximum absolute atomic E-state index is 11.3. The molecule has 0 aliphatic carbocycles. The van der Waals surface area contributed by atoms with Gasteiger partial charge in [0, 0.05) is 10.6 Å². The van der Waals surface area contributed by atoms with Gasteiger partial charge in [0.05, 0.1) is 6.42 Å². The van der Waals surface area contributed by atoms with Crippen LogP contribution in [-0.2, 0) is 9.74 Å². The fourth-order valence-electron chi connectivity index (χ4n) is 1.46. The maximum Gasteiger partial charge on any atom is 0.350 e. The number of nitrogens with one attached hydrogen (secondary N) is 1. The average molecular weight is 175 g/mol. The fraction of sp³-hybridized carbons (Fsp3) is 0.875. The molecule has 1 saturated heterocycles. The van der Waals surface area contributed by atoms with Crippen LogP contribution in [0.1, 0.15) is 26.2 Å². The van der Waals surface area contributed by atoms with Gasteiger partial charge in [-0.2, -0.15) is 0 Å². The van der Waals surface area contributed by atoms with Gasteiger partial charge in [-0.05, 0) is 25.3 Å². The predicted octanol–water partition coefficient (Wildman–Crippen LogP) is 1.19. The molecule has 0 radical (unpaired) electrons. The van der Waals surface area contributed by atoms with Crippen molar-refractivity contribution < 1.29 is 14.3 Å². The Hall–Kier alpha value is -0.640. The maximum atomic E-state index is 11.3. The lowest BCUT2D eigenvalue weighted by Crippen LogP contribution is -2.39. The molecule has 1 aliphatic rings. The molecule has 0 aromatic rings. The number of carbonyl (C=O) groups is 1. The molecule has 2 atom stereocenters. The highest BCUT2D eigenvalue weighted by Gasteiger charge is 2.20. The molecule has 1 aliphatic heterocycles. The smallest absolute Gasteiger partial charge is 0.313 e. The summed E-state index contributed by atoms with van der Waals surface area (Å²) in [5, 5.41) is 3.17. The topological polar surface area (TPSA) is 38.3 Å². The van der Waals surface area contributed by atoms with E-state index in [4.69, 9.17) is 0 Å². The molecule has 2 unspecified atom stereocenters. The Balaban J connectivity index is 2.21. The predicted molar refractivity (Wildman–Crippen MR) is 42.0 cm³/mol. The second-order valence-corrected chi connectivity index (χ2v) is 3.44. The van der Waals surface area contributed by atoms with E-state index >= 15 is 0 Å². The molecule has 1 rings (SSSR count). The van der Waals surface area contributed by atoms with E-state index in [-0.39, 0.29) is 12.5 Å². The van der Waals surface area contributed by atoms with Gasteiger partial charge in [-0.3, -0.25) is 4.94 Å². The largest absolute Gasteiger partial charge is 0.350 e. The summed E-state index contributed by atoms with van der Waals surface area (Å²) in [4.78, 5) is 13.6. The summed E-state index contributed by atoms with van der Waals surface area (Å²) in [6.07, 6.45) is 2.16. The quantitative estimate of drug-likeness (QED) is 0.685. The second kappa shape index (κ2) is 4.40. The van der Waals surface area contributed by atoms with Crippen molar-refractivity contribution in [1.29, 1.82) is 0 Å². The van der Waals surface area contributed by atoms with E-state index < -0.39 is 5.97 Å². The van der Waals surface area contributed by atoms with Crippen molar-refractivity contribution in [2.45, 2.75) is 32.2 Å². The zero-order valence-electron chi connectivity index (χ0n) is 7.18. The SMILES string of the molecule is CC1CCC(CC(=O)OF)NC1. The standard InChI is InChI=1S/C8H14FNO2/c1-6-2-3-7(10-5-6)4-8(11)12-9/h6-7,10H,2-5H2,1H3. The lowest BCUT2D eigenvalue weighted by Gasteiger charge is -2.26. The monoisotopic (exact) mass is 175 g/mol. The van der Waals surface area contributed by atoms with Gasteiger partial charge in [-0.15, -0.1) is 0 Å². The first kappa shape index (κ1) is 9.45. The van der Waals surface area contributed by atoms with Crippen molar-refractivity contribution in [3.8, 4) is 0 Å². The molecule has 1 N–H and O–H groups in total. The number of rotatable bonds is 2. The van der Waals surface area contributed by atoms with Crippen molar-refractivity contribution in [3.63, 3.8) is 0 Å². The van der Waals surface area contributed by atoms with Gasteiger partial charge in [-0.1, -0.05) is 6.92 Å². The summed E-state index contributed by atoms with van der Waals surface area (Å²) < 4.78 is 11.3. The number of hydrogen-bond donors (Lipinski definition) is 1. The zero-order chi connectivity index (χ0) is 8.97. The van der Waals surface area contributed by atoms with Crippen molar-refractivity contribution in [2.24, 2.45) is 5.92 Å². The minimum Gasteiger partial charge on any atom is -0.313 e. The summed E-state index contributed by atoms with van der Waals surface area (Å²) in [5.74, 6) is -0.121. The van der Waals surface area contributed by atoms with E-state index in [9.17, 15) is 9.32 Å². The van der Waals surface area contributed by atoms with Crippen LogP contribution in [0.25, 0.3) is 0 Å². The van der Waals surface area contributed by atoms with Gasteiger partial charge in [-0.25, -0.2) is 4.79 Å². The van der Waals surface area contributed by atoms with Gasteiger partial charge < -0.3 is 5.32 Å². The highest BCUT2D eigenvalue weighted by Crippen LogP contribution is 2.15. The van der Waals surface area contributed by atoms with E-state index in [0.29, 0.717) is 5.92 Å². The first-order chi connectivity index (χ1) is 5.72. The molecule has 12 heavy (non-hydrogen) atoms. The lowest BCUT2D eigenvalue weighted by atomic mass is 9.95. The van der Waals surface area contributed by atoms with Gasteiger partial charge in [0.15, 0.2) is 0 Å². The molecule has 0 aromatic heterocycles. The molecule has 0 spiro atoms. The molecule has 1 fully saturated rings. The van der Waals surface area contributed by atoms with Crippen LogP contribution in [-0.4, -0.2) is 18.6 Å². The minimum atomic E-state index is -0.776. The third-order valence-corrected chi connectivity index (χ3v) is 2.26. The van der Waals surface area contributed by atoms with Crippen LogP contribution >= 0.6 is 0 Å². The molecule has 70 valence electrons. The summed E-state index contributed by atoms with van der Waals surface area (Å²) in [6.45, 7) is 3.06. The molecular weight excluding hydrogens is 161 g/mol. The van der Waals surface area contributed by atoms with E-state index in [2.05, 4.69) is 17.2 Å². The molecule has 0 amide bonds. The van der Waals surface area contributed by atoms with Crippen molar-refractivity contribution in [3.05, 3.63) is 0 Å². The molecule has 4 heteroatoms. The Morgan fingerprint density at radius 1 is 1.67 bits per heavy atom. The van der Waals surface area contributed by atoms with E-state index in [1.165, 1.54) is 0 Å². The number of halogens is 1. The van der Waals surface area contributed by atoms with Crippen LogP contribution in [0, 0.1) is 5.92 Å². The van der Waals surface area contributed by atoms with Crippen molar-refractivity contribution >= 4 is 5.97 Å².